The third-order valence-electron chi connectivity index (χ3n) is 3.19. The molecule has 0 heterocycles. The lowest BCUT2D eigenvalue weighted by atomic mass is 10.0. The summed E-state index contributed by atoms with van der Waals surface area (Å²) in [4.78, 5) is 14.0. The average molecular weight is 316 g/mol. The summed E-state index contributed by atoms with van der Waals surface area (Å²) in [5, 5.41) is 2.99. The van der Waals surface area contributed by atoms with Crippen molar-refractivity contribution in [2.45, 2.75) is 46.2 Å². The Kier molecular flexibility index (Phi) is 14.9. The van der Waals surface area contributed by atoms with E-state index < -0.39 is 0 Å². The molecule has 1 amide bonds. The van der Waals surface area contributed by atoms with E-state index >= 15 is 0 Å². The van der Waals surface area contributed by atoms with Crippen molar-refractivity contribution in [1.82, 2.24) is 10.2 Å². The lowest BCUT2D eigenvalue weighted by Crippen LogP contribution is -2.45. The number of nitrogens with one attached hydrogen (secondary N) is 1. The molecule has 0 bridgehead atoms. The summed E-state index contributed by atoms with van der Waals surface area (Å²) in [6.07, 6.45) is 1.08. The lowest BCUT2D eigenvalue weighted by Gasteiger charge is -2.27. The highest BCUT2D eigenvalue weighted by Crippen LogP contribution is 2.08. The highest BCUT2D eigenvalue weighted by Gasteiger charge is 2.19. The largest absolute Gasteiger partial charge is 0.354 e. The molecule has 3 atom stereocenters. The normalized spacial score (nSPS) is 15.2. The van der Waals surface area contributed by atoms with Gasteiger partial charge < -0.3 is 16.0 Å². The summed E-state index contributed by atoms with van der Waals surface area (Å²) in [5.41, 5.74) is 5.71. The molecule has 0 radical (unpaired) electrons. The number of hydrogen-bond acceptors (Lipinski definition) is 3. The molecule has 19 heavy (non-hydrogen) atoms. The maximum absolute atomic E-state index is 11.8. The maximum atomic E-state index is 11.8. The van der Waals surface area contributed by atoms with E-state index in [1.54, 1.807) is 0 Å². The Balaban J connectivity index is -0.00000128. The van der Waals surface area contributed by atoms with Gasteiger partial charge in [-0.2, -0.15) is 0 Å². The Bertz CT molecular complexity index is 236. The van der Waals surface area contributed by atoms with Crippen LogP contribution in [0.25, 0.3) is 0 Å². The topological polar surface area (TPSA) is 58.4 Å². The molecule has 0 aromatic heterocycles. The van der Waals surface area contributed by atoms with Crippen molar-refractivity contribution in [1.29, 1.82) is 0 Å². The fourth-order valence-electron chi connectivity index (χ4n) is 1.64. The van der Waals surface area contributed by atoms with Crippen molar-refractivity contribution in [3.8, 4) is 0 Å². The minimum absolute atomic E-state index is 0. The average Bonchev–Trinajstić information content (AvgIpc) is 2.21. The number of carbonyl (C=O) groups excluding carboxylic acids is 1. The predicted molar refractivity (Wildman–Crippen MR) is 87.2 cm³/mol. The van der Waals surface area contributed by atoms with Gasteiger partial charge in [0, 0.05) is 24.5 Å². The molecule has 118 valence electrons. The van der Waals surface area contributed by atoms with Crippen LogP contribution in [0.1, 0.15) is 34.1 Å². The molecule has 0 aliphatic heterocycles. The smallest absolute Gasteiger partial charge is 0.224 e. The summed E-state index contributed by atoms with van der Waals surface area (Å²) in [7, 11) is 4.10. The molecular weight excluding hydrogens is 285 g/mol. The molecule has 0 rings (SSSR count). The van der Waals surface area contributed by atoms with Crippen LogP contribution in [0.3, 0.4) is 0 Å². The van der Waals surface area contributed by atoms with Crippen molar-refractivity contribution in [3.63, 3.8) is 0 Å². The van der Waals surface area contributed by atoms with Gasteiger partial charge in [0.25, 0.3) is 0 Å². The van der Waals surface area contributed by atoms with Gasteiger partial charge in [-0.25, -0.2) is 0 Å². The van der Waals surface area contributed by atoms with E-state index in [4.69, 9.17) is 5.73 Å². The van der Waals surface area contributed by atoms with Gasteiger partial charge >= 0.3 is 0 Å². The quantitative estimate of drug-likeness (QED) is 0.754. The van der Waals surface area contributed by atoms with Gasteiger partial charge in [0.1, 0.15) is 0 Å². The number of nitrogens with two attached hydrogens (primary N) is 1. The molecule has 3 unspecified atom stereocenters. The second kappa shape index (κ2) is 11.8. The van der Waals surface area contributed by atoms with Gasteiger partial charge in [0.05, 0.1) is 0 Å². The van der Waals surface area contributed by atoms with Gasteiger partial charge in [0.2, 0.25) is 5.91 Å². The summed E-state index contributed by atoms with van der Waals surface area (Å²) in [6.45, 7) is 8.82. The predicted octanol–water partition coefficient (Wildman–Crippen LogP) is 1.91. The zero-order valence-corrected chi connectivity index (χ0v) is 14.6. The number of nitrogens with zero attached hydrogens (tertiary/aromatic N) is 1. The van der Waals surface area contributed by atoms with Crippen molar-refractivity contribution >= 4 is 30.7 Å². The van der Waals surface area contributed by atoms with E-state index in [0.29, 0.717) is 18.5 Å². The Morgan fingerprint density at radius 1 is 1.16 bits per heavy atom. The van der Waals surface area contributed by atoms with Crippen molar-refractivity contribution in [2.24, 2.45) is 17.6 Å². The lowest BCUT2D eigenvalue weighted by molar-refractivity contribution is -0.125. The summed E-state index contributed by atoms with van der Waals surface area (Å²) < 4.78 is 0. The first-order chi connectivity index (χ1) is 7.75. The van der Waals surface area contributed by atoms with Crippen LogP contribution in [-0.2, 0) is 4.79 Å². The van der Waals surface area contributed by atoms with Gasteiger partial charge in [0.15, 0.2) is 0 Å². The zero-order valence-electron chi connectivity index (χ0n) is 13.0. The van der Waals surface area contributed by atoms with Crippen LogP contribution in [0.5, 0.6) is 0 Å². The number of rotatable bonds is 7. The first-order valence-electron chi connectivity index (χ1n) is 6.45. The number of hydrogen-bond donors (Lipinski definition) is 2. The van der Waals surface area contributed by atoms with E-state index in [0.717, 1.165) is 6.42 Å². The molecule has 0 spiro atoms. The van der Waals surface area contributed by atoms with E-state index in [1.165, 1.54) is 0 Å². The Labute approximate surface area is 130 Å². The molecule has 3 N–H and O–H groups in total. The van der Waals surface area contributed by atoms with Crippen LogP contribution in [0, 0.1) is 11.8 Å². The second-order valence-corrected chi connectivity index (χ2v) is 5.64. The first-order valence-corrected chi connectivity index (χ1v) is 6.45. The molecule has 4 nitrogen and oxygen atoms in total. The minimum Gasteiger partial charge on any atom is -0.354 e. The van der Waals surface area contributed by atoms with E-state index in [9.17, 15) is 4.79 Å². The molecule has 0 saturated heterocycles. The zero-order chi connectivity index (χ0) is 13.6. The molecule has 0 fully saturated rings. The summed E-state index contributed by atoms with van der Waals surface area (Å²) in [5.74, 6) is 0.553. The standard InChI is InChI=1S/C13H29N3O.2ClH/c1-9(2)7-12(16(5)6)8-15-13(17)10(3)11(4)14;;/h9-12H,7-8,14H2,1-6H3,(H,15,17);2*1H. The van der Waals surface area contributed by atoms with Gasteiger partial charge in [-0.15, -0.1) is 24.8 Å². The monoisotopic (exact) mass is 315 g/mol. The van der Waals surface area contributed by atoms with Gasteiger partial charge in [-0.05, 0) is 33.4 Å². The van der Waals surface area contributed by atoms with Crippen LogP contribution in [0.2, 0.25) is 0 Å². The highest BCUT2D eigenvalue weighted by atomic mass is 35.5. The molecular formula is C13H31Cl2N3O. The van der Waals surface area contributed by atoms with Crippen molar-refractivity contribution in [2.75, 3.05) is 20.6 Å². The van der Waals surface area contributed by atoms with Crippen LogP contribution in [0.4, 0.5) is 0 Å². The van der Waals surface area contributed by atoms with E-state index in [2.05, 4.69) is 24.1 Å². The Morgan fingerprint density at radius 2 is 1.63 bits per heavy atom. The first kappa shape index (κ1) is 24.0. The van der Waals surface area contributed by atoms with Crippen LogP contribution in [-0.4, -0.2) is 43.5 Å². The van der Waals surface area contributed by atoms with Crippen molar-refractivity contribution < 1.29 is 4.79 Å². The Hall–Kier alpha value is -0.0300. The SMILES string of the molecule is CC(C)CC(CNC(=O)C(C)C(C)N)N(C)C.Cl.Cl. The molecule has 0 aromatic carbocycles. The van der Waals surface area contributed by atoms with Gasteiger partial charge in [-0.3, -0.25) is 4.79 Å². The number of carbonyl (C=O) groups is 1. The van der Waals surface area contributed by atoms with Gasteiger partial charge in [-0.1, -0.05) is 20.8 Å². The number of likely N-dealkylation sites (N-methyl/N-ethyl adjacent to an activating group) is 1. The third kappa shape index (κ3) is 10.4. The Morgan fingerprint density at radius 3 is 1.95 bits per heavy atom. The molecule has 6 heteroatoms. The number of halogens is 2. The van der Waals surface area contributed by atoms with E-state index in [-0.39, 0.29) is 42.7 Å². The van der Waals surface area contributed by atoms with Crippen LogP contribution >= 0.6 is 24.8 Å². The fraction of sp³-hybridized carbons (Fsp3) is 0.923. The second-order valence-electron chi connectivity index (χ2n) is 5.64. The minimum atomic E-state index is -0.128. The molecule has 0 saturated carbocycles. The molecule has 0 aliphatic rings. The number of amides is 1. The van der Waals surface area contributed by atoms with Crippen molar-refractivity contribution in [3.05, 3.63) is 0 Å². The maximum Gasteiger partial charge on any atom is 0.224 e. The molecule has 0 aromatic rings. The fourth-order valence-corrected chi connectivity index (χ4v) is 1.64. The van der Waals surface area contributed by atoms with Crippen LogP contribution < -0.4 is 11.1 Å². The summed E-state index contributed by atoms with van der Waals surface area (Å²) in [6, 6.07) is 0.289. The van der Waals surface area contributed by atoms with Crippen LogP contribution in [0.15, 0.2) is 0 Å². The third-order valence-corrected chi connectivity index (χ3v) is 3.19. The van der Waals surface area contributed by atoms with E-state index in [1.807, 2.05) is 27.9 Å². The summed E-state index contributed by atoms with van der Waals surface area (Å²) >= 11 is 0. The highest BCUT2D eigenvalue weighted by molar-refractivity contribution is 5.85. The molecule has 0 aliphatic carbocycles.